The van der Waals surface area contributed by atoms with Gasteiger partial charge in [0, 0.05) is 5.56 Å². The van der Waals surface area contributed by atoms with Crippen LogP contribution in [0.4, 0.5) is 0 Å². The molecule has 110 valence electrons. The summed E-state index contributed by atoms with van der Waals surface area (Å²) in [7, 11) is 4.90. The maximum Gasteiger partial charge on any atom is 0.203 e. The van der Waals surface area contributed by atoms with Gasteiger partial charge in [-0.25, -0.2) is 0 Å². The molecule has 2 saturated carbocycles. The fourth-order valence-electron chi connectivity index (χ4n) is 3.86. The zero-order valence-corrected chi connectivity index (χ0v) is 12.9. The van der Waals surface area contributed by atoms with Crippen LogP contribution < -0.4 is 14.2 Å². The van der Waals surface area contributed by atoms with Crippen LogP contribution in [0.2, 0.25) is 0 Å². The van der Waals surface area contributed by atoms with Crippen molar-refractivity contribution >= 4 is 11.6 Å². The van der Waals surface area contributed by atoms with E-state index in [1.165, 1.54) is 19.3 Å². The summed E-state index contributed by atoms with van der Waals surface area (Å²) in [6, 6.07) is 3.91. The number of rotatable bonds is 5. The van der Waals surface area contributed by atoms with Gasteiger partial charge in [0.05, 0.1) is 26.7 Å². The van der Waals surface area contributed by atoms with Gasteiger partial charge < -0.3 is 14.2 Å². The van der Waals surface area contributed by atoms with Crippen molar-refractivity contribution < 1.29 is 14.2 Å². The minimum absolute atomic E-state index is 0.0000520. The quantitative estimate of drug-likeness (QED) is 0.768. The Morgan fingerprint density at radius 3 is 2.20 bits per heavy atom. The lowest BCUT2D eigenvalue weighted by atomic mass is 10.0. The summed E-state index contributed by atoms with van der Waals surface area (Å²) in [5.41, 5.74) is 1.02. The normalized spacial score (nSPS) is 28.7. The van der Waals surface area contributed by atoms with Crippen molar-refractivity contribution in [2.24, 2.45) is 17.8 Å². The Kier molecular flexibility index (Phi) is 3.72. The van der Waals surface area contributed by atoms with Crippen molar-refractivity contribution in [2.45, 2.75) is 24.6 Å². The number of benzene rings is 1. The van der Waals surface area contributed by atoms with Crippen LogP contribution in [0, 0.1) is 17.8 Å². The first-order chi connectivity index (χ1) is 9.72. The van der Waals surface area contributed by atoms with Crippen LogP contribution in [-0.4, -0.2) is 21.3 Å². The highest BCUT2D eigenvalue weighted by molar-refractivity contribution is 6.21. The van der Waals surface area contributed by atoms with E-state index in [1.54, 1.807) is 21.3 Å². The fourth-order valence-corrected chi connectivity index (χ4v) is 4.41. The highest BCUT2D eigenvalue weighted by Crippen LogP contribution is 2.65. The maximum atomic E-state index is 6.74. The van der Waals surface area contributed by atoms with Crippen molar-refractivity contribution in [3.63, 3.8) is 0 Å². The minimum Gasteiger partial charge on any atom is -0.493 e. The molecule has 3 rings (SSSR count). The summed E-state index contributed by atoms with van der Waals surface area (Å²) in [5.74, 6) is 4.23. The molecule has 2 aliphatic rings. The van der Waals surface area contributed by atoms with Crippen LogP contribution in [0.5, 0.6) is 17.2 Å². The maximum absolute atomic E-state index is 6.74. The van der Waals surface area contributed by atoms with Gasteiger partial charge in [-0.15, -0.1) is 11.6 Å². The van der Waals surface area contributed by atoms with E-state index in [0.717, 1.165) is 17.4 Å². The highest BCUT2D eigenvalue weighted by atomic mass is 35.5. The molecule has 1 aromatic carbocycles. The molecule has 0 bridgehead atoms. The van der Waals surface area contributed by atoms with Crippen LogP contribution in [0.1, 0.15) is 30.2 Å². The third-order valence-electron chi connectivity index (χ3n) is 4.84. The molecule has 2 aliphatic carbocycles. The highest BCUT2D eigenvalue weighted by Gasteiger charge is 2.56. The van der Waals surface area contributed by atoms with Gasteiger partial charge in [0.15, 0.2) is 11.5 Å². The van der Waals surface area contributed by atoms with E-state index >= 15 is 0 Å². The lowest BCUT2D eigenvalue weighted by molar-refractivity contribution is 0.321. The first-order valence-electron chi connectivity index (χ1n) is 7.15. The zero-order chi connectivity index (χ0) is 14.3. The molecular formula is C16H21ClO3. The summed E-state index contributed by atoms with van der Waals surface area (Å²) in [4.78, 5) is 0. The Morgan fingerprint density at radius 1 is 1.00 bits per heavy atom. The second-order valence-electron chi connectivity index (χ2n) is 5.66. The average Bonchev–Trinajstić information content (AvgIpc) is 2.96. The largest absolute Gasteiger partial charge is 0.493 e. The van der Waals surface area contributed by atoms with Crippen LogP contribution in [0.3, 0.4) is 0 Å². The minimum atomic E-state index is 0.0000520. The number of hydrogen-bond acceptors (Lipinski definition) is 3. The van der Waals surface area contributed by atoms with Crippen LogP contribution in [0.15, 0.2) is 12.1 Å². The molecule has 0 N–H and O–H groups in total. The van der Waals surface area contributed by atoms with Crippen molar-refractivity contribution in [1.82, 2.24) is 0 Å². The molecule has 2 fully saturated rings. The van der Waals surface area contributed by atoms with Gasteiger partial charge in [-0.2, -0.15) is 0 Å². The van der Waals surface area contributed by atoms with Crippen LogP contribution >= 0.6 is 11.6 Å². The summed E-state index contributed by atoms with van der Waals surface area (Å²) in [6.45, 7) is 0. The summed E-state index contributed by atoms with van der Waals surface area (Å²) < 4.78 is 16.3. The summed E-state index contributed by atoms with van der Waals surface area (Å²) in [5, 5.41) is 0.0000520. The number of alkyl halides is 1. The number of hydrogen-bond donors (Lipinski definition) is 0. The molecule has 1 aromatic rings. The number of methoxy groups -OCH3 is 3. The summed E-state index contributed by atoms with van der Waals surface area (Å²) >= 11 is 6.74. The smallest absolute Gasteiger partial charge is 0.203 e. The summed E-state index contributed by atoms with van der Waals surface area (Å²) in [6.07, 6.45) is 4.01. The van der Waals surface area contributed by atoms with Gasteiger partial charge in [0.25, 0.3) is 0 Å². The van der Waals surface area contributed by atoms with Gasteiger partial charge in [-0.05, 0) is 42.7 Å². The molecule has 0 radical (unpaired) electrons. The average molecular weight is 297 g/mol. The van der Waals surface area contributed by atoms with E-state index in [1.807, 2.05) is 12.1 Å². The first kappa shape index (κ1) is 13.9. The van der Waals surface area contributed by atoms with E-state index in [2.05, 4.69) is 0 Å². The van der Waals surface area contributed by atoms with Crippen molar-refractivity contribution in [2.75, 3.05) is 21.3 Å². The van der Waals surface area contributed by atoms with E-state index < -0.39 is 0 Å². The predicted molar refractivity (Wildman–Crippen MR) is 79.0 cm³/mol. The van der Waals surface area contributed by atoms with E-state index in [4.69, 9.17) is 25.8 Å². The van der Waals surface area contributed by atoms with Gasteiger partial charge >= 0.3 is 0 Å². The third kappa shape index (κ3) is 2.03. The van der Waals surface area contributed by atoms with Crippen molar-refractivity contribution in [1.29, 1.82) is 0 Å². The van der Waals surface area contributed by atoms with Crippen molar-refractivity contribution in [3.8, 4) is 17.2 Å². The second-order valence-corrected chi connectivity index (χ2v) is 6.13. The molecule has 3 unspecified atom stereocenters. The molecule has 0 amide bonds. The molecule has 4 heteroatoms. The van der Waals surface area contributed by atoms with Crippen molar-refractivity contribution in [3.05, 3.63) is 17.7 Å². The van der Waals surface area contributed by atoms with E-state index in [-0.39, 0.29) is 5.38 Å². The first-order valence-corrected chi connectivity index (χ1v) is 7.59. The molecule has 3 nitrogen and oxygen atoms in total. The Morgan fingerprint density at radius 2 is 1.65 bits per heavy atom. The molecular weight excluding hydrogens is 276 g/mol. The topological polar surface area (TPSA) is 27.7 Å². The standard InChI is InChI=1S/C16H21ClO3/c1-18-12-8-7-11(15(19-2)16(12)20-3)14(17)13-9-5-4-6-10(9)13/h7-10,13-14H,4-6H2,1-3H3. The zero-order valence-electron chi connectivity index (χ0n) is 12.2. The number of halogens is 1. The number of ether oxygens (including phenoxy) is 3. The SMILES string of the molecule is COc1ccc(C(Cl)C2C3CCCC32)c(OC)c1OC. The molecule has 0 saturated heterocycles. The Labute approximate surface area is 125 Å². The van der Waals surface area contributed by atoms with Crippen LogP contribution in [-0.2, 0) is 0 Å². The second kappa shape index (κ2) is 5.36. The van der Waals surface area contributed by atoms with Gasteiger partial charge in [0.1, 0.15) is 0 Å². The number of fused-ring (bicyclic) bond motifs is 1. The Hall–Kier alpha value is -1.09. The molecule has 3 atom stereocenters. The van der Waals surface area contributed by atoms with E-state index in [0.29, 0.717) is 23.2 Å². The van der Waals surface area contributed by atoms with Gasteiger partial charge in [-0.3, -0.25) is 0 Å². The third-order valence-corrected chi connectivity index (χ3v) is 5.37. The Balaban J connectivity index is 1.92. The van der Waals surface area contributed by atoms with Gasteiger partial charge in [0.2, 0.25) is 5.75 Å². The fraction of sp³-hybridized carbons (Fsp3) is 0.625. The molecule has 0 aliphatic heterocycles. The van der Waals surface area contributed by atoms with Gasteiger partial charge in [-0.1, -0.05) is 6.42 Å². The van der Waals surface area contributed by atoms with Crippen LogP contribution in [0.25, 0.3) is 0 Å². The lowest BCUT2D eigenvalue weighted by Crippen LogP contribution is -2.04. The predicted octanol–water partition coefficient (Wildman–Crippen LogP) is 4.04. The molecule has 20 heavy (non-hydrogen) atoms. The Bertz CT molecular complexity index is 493. The lowest BCUT2D eigenvalue weighted by Gasteiger charge is -2.19. The molecule has 0 spiro atoms. The molecule has 0 aromatic heterocycles. The monoisotopic (exact) mass is 296 g/mol. The van der Waals surface area contributed by atoms with E-state index in [9.17, 15) is 0 Å². The molecule has 0 heterocycles.